The van der Waals surface area contributed by atoms with Crippen molar-refractivity contribution in [2.45, 2.75) is 26.0 Å². The monoisotopic (exact) mass is 173 g/mol. The summed E-state index contributed by atoms with van der Waals surface area (Å²) in [5.41, 5.74) is 0. The van der Waals surface area contributed by atoms with E-state index in [9.17, 15) is 9.90 Å². The van der Waals surface area contributed by atoms with E-state index in [0.29, 0.717) is 12.5 Å². The third-order valence-corrected chi connectivity index (χ3v) is 2.48. The third-order valence-electron chi connectivity index (χ3n) is 2.48. The zero-order valence-electron chi connectivity index (χ0n) is 7.32. The molecule has 3 atom stereocenters. The molecule has 1 aliphatic heterocycles. The lowest BCUT2D eigenvalue weighted by Gasteiger charge is -2.18. The zero-order chi connectivity index (χ0) is 9.30. The average molecular weight is 173 g/mol. The van der Waals surface area contributed by atoms with E-state index in [4.69, 9.17) is 5.11 Å². The Hall–Kier alpha value is -0.610. The van der Waals surface area contributed by atoms with Crippen molar-refractivity contribution in [3.63, 3.8) is 0 Å². The maximum Gasteiger partial charge on any atom is 0.323 e. The van der Waals surface area contributed by atoms with Crippen molar-refractivity contribution in [1.82, 2.24) is 5.32 Å². The molecule has 4 heteroatoms. The van der Waals surface area contributed by atoms with Crippen molar-refractivity contribution in [1.29, 1.82) is 0 Å². The molecule has 0 bridgehead atoms. The first-order chi connectivity index (χ1) is 5.54. The maximum atomic E-state index is 10.6. The van der Waals surface area contributed by atoms with Gasteiger partial charge in [-0.15, -0.1) is 0 Å². The number of carboxylic acids is 1. The molecule has 1 heterocycles. The van der Waals surface area contributed by atoms with E-state index in [1.54, 1.807) is 0 Å². The Labute approximate surface area is 71.6 Å². The van der Waals surface area contributed by atoms with E-state index in [-0.39, 0.29) is 5.92 Å². The van der Waals surface area contributed by atoms with Crippen molar-refractivity contribution in [2.24, 2.45) is 11.8 Å². The standard InChI is InChI=1S/C8H15NO3/c1-4(2)5-3-9-6(7(5)10)8(11)12/h4-7,9-10H,3H2,1-2H3,(H,11,12). The Morgan fingerprint density at radius 2 is 2.17 bits per heavy atom. The molecule has 1 aliphatic rings. The second-order valence-corrected chi connectivity index (χ2v) is 3.62. The summed E-state index contributed by atoms with van der Waals surface area (Å²) in [6, 6.07) is -0.780. The largest absolute Gasteiger partial charge is 0.480 e. The molecule has 0 aliphatic carbocycles. The van der Waals surface area contributed by atoms with E-state index in [1.807, 2.05) is 13.8 Å². The van der Waals surface area contributed by atoms with E-state index >= 15 is 0 Å². The summed E-state index contributed by atoms with van der Waals surface area (Å²) < 4.78 is 0. The molecule has 0 spiro atoms. The fourth-order valence-corrected chi connectivity index (χ4v) is 1.62. The zero-order valence-corrected chi connectivity index (χ0v) is 7.32. The van der Waals surface area contributed by atoms with Crippen LogP contribution < -0.4 is 5.32 Å². The normalized spacial score (nSPS) is 35.8. The van der Waals surface area contributed by atoms with Crippen LogP contribution >= 0.6 is 0 Å². The topological polar surface area (TPSA) is 69.6 Å². The summed E-state index contributed by atoms with van der Waals surface area (Å²) in [5, 5.41) is 21.0. The molecule has 0 aromatic heterocycles. The molecular formula is C8H15NO3. The van der Waals surface area contributed by atoms with Gasteiger partial charge in [-0.3, -0.25) is 4.79 Å². The summed E-state index contributed by atoms with van der Waals surface area (Å²) in [7, 11) is 0. The van der Waals surface area contributed by atoms with Crippen LogP contribution in [0.15, 0.2) is 0 Å². The number of rotatable bonds is 2. The second kappa shape index (κ2) is 3.41. The van der Waals surface area contributed by atoms with Crippen LogP contribution in [0.2, 0.25) is 0 Å². The first kappa shape index (κ1) is 9.48. The van der Waals surface area contributed by atoms with Gasteiger partial charge in [0.15, 0.2) is 0 Å². The van der Waals surface area contributed by atoms with Gasteiger partial charge in [-0.1, -0.05) is 13.8 Å². The molecule has 1 rings (SSSR count). The summed E-state index contributed by atoms with van der Waals surface area (Å²) in [6.07, 6.45) is -0.748. The number of carboxylic acid groups (broad SMARTS) is 1. The maximum absolute atomic E-state index is 10.6. The molecule has 1 saturated heterocycles. The molecular weight excluding hydrogens is 158 g/mol. The van der Waals surface area contributed by atoms with Crippen molar-refractivity contribution in [2.75, 3.05) is 6.54 Å². The minimum Gasteiger partial charge on any atom is -0.480 e. The number of hydrogen-bond donors (Lipinski definition) is 3. The number of aliphatic hydroxyl groups excluding tert-OH is 1. The number of aliphatic hydroxyl groups is 1. The van der Waals surface area contributed by atoms with Crippen molar-refractivity contribution in [3.05, 3.63) is 0 Å². The Balaban J connectivity index is 2.61. The van der Waals surface area contributed by atoms with Gasteiger partial charge in [-0.2, -0.15) is 0 Å². The summed E-state index contributed by atoms with van der Waals surface area (Å²) in [5.74, 6) is -0.589. The highest BCUT2D eigenvalue weighted by atomic mass is 16.4. The molecule has 12 heavy (non-hydrogen) atoms. The number of nitrogens with one attached hydrogen (secondary N) is 1. The first-order valence-corrected chi connectivity index (χ1v) is 4.18. The van der Waals surface area contributed by atoms with Crippen LogP contribution in [0.5, 0.6) is 0 Å². The van der Waals surface area contributed by atoms with Crippen molar-refractivity contribution in [3.8, 4) is 0 Å². The highest BCUT2D eigenvalue weighted by Gasteiger charge is 2.39. The lowest BCUT2D eigenvalue weighted by atomic mass is 9.91. The van der Waals surface area contributed by atoms with Gasteiger partial charge in [-0.05, 0) is 5.92 Å². The van der Waals surface area contributed by atoms with Gasteiger partial charge in [0.2, 0.25) is 0 Å². The van der Waals surface area contributed by atoms with Gasteiger partial charge in [0.25, 0.3) is 0 Å². The molecule has 0 radical (unpaired) electrons. The number of carbonyl (C=O) groups is 1. The van der Waals surface area contributed by atoms with Crippen LogP contribution in [-0.2, 0) is 4.79 Å². The average Bonchev–Trinajstić information content (AvgIpc) is 2.30. The highest BCUT2D eigenvalue weighted by Crippen LogP contribution is 2.22. The highest BCUT2D eigenvalue weighted by molar-refractivity contribution is 5.74. The molecule has 70 valence electrons. The lowest BCUT2D eigenvalue weighted by Crippen LogP contribution is -2.39. The Kier molecular flexibility index (Phi) is 2.69. The molecule has 0 amide bonds. The van der Waals surface area contributed by atoms with Gasteiger partial charge >= 0.3 is 5.97 Å². The van der Waals surface area contributed by atoms with Crippen LogP contribution in [0, 0.1) is 11.8 Å². The SMILES string of the molecule is CC(C)C1CNC(C(=O)O)C1O. The van der Waals surface area contributed by atoms with Crippen LogP contribution in [0.25, 0.3) is 0 Å². The quantitative estimate of drug-likeness (QED) is 0.535. The van der Waals surface area contributed by atoms with Crippen LogP contribution in [0.3, 0.4) is 0 Å². The van der Waals surface area contributed by atoms with E-state index in [2.05, 4.69) is 5.32 Å². The minimum atomic E-state index is -0.967. The summed E-state index contributed by atoms with van der Waals surface area (Å²) in [6.45, 7) is 4.56. The summed E-state index contributed by atoms with van der Waals surface area (Å²) in [4.78, 5) is 10.6. The van der Waals surface area contributed by atoms with Crippen molar-refractivity contribution >= 4 is 5.97 Å². The van der Waals surface area contributed by atoms with Gasteiger partial charge in [0, 0.05) is 12.5 Å². The number of aliphatic carboxylic acids is 1. The molecule has 0 saturated carbocycles. The third kappa shape index (κ3) is 1.59. The minimum absolute atomic E-state index is 0.0612. The van der Waals surface area contributed by atoms with E-state index in [1.165, 1.54) is 0 Å². The van der Waals surface area contributed by atoms with Crippen molar-refractivity contribution < 1.29 is 15.0 Å². The van der Waals surface area contributed by atoms with Crippen LogP contribution in [-0.4, -0.2) is 34.9 Å². The van der Waals surface area contributed by atoms with Gasteiger partial charge < -0.3 is 15.5 Å². The van der Waals surface area contributed by atoms with Crippen LogP contribution in [0.1, 0.15) is 13.8 Å². The predicted molar refractivity (Wildman–Crippen MR) is 43.8 cm³/mol. The smallest absolute Gasteiger partial charge is 0.323 e. The molecule has 0 aromatic rings. The van der Waals surface area contributed by atoms with Gasteiger partial charge in [0.1, 0.15) is 6.04 Å². The molecule has 3 unspecified atom stereocenters. The Bertz CT molecular complexity index is 181. The van der Waals surface area contributed by atoms with Crippen LogP contribution in [0.4, 0.5) is 0 Å². The fraction of sp³-hybridized carbons (Fsp3) is 0.875. The number of hydrogen-bond acceptors (Lipinski definition) is 3. The molecule has 0 aromatic carbocycles. The Morgan fingerprint density at radius 3 is 2.42 bits per heavy atom. The fourth-order valence-electron chi connectivity index (χ4n) is 1.62. The molecule has 4 nitrogen and oxygen atoms in total. The first-order valence-electron chi connectivity index (χ1n) is 4.18. The molecule has 3 N–H and O–H groups in total. The lowest BCUT2D eigenvalue weighted by molar-refractivity contribution is -0.141. The predicted octanol–water partition coefficient (Wildman–Crippen LogP) is -0.324. The second-order valence-electron chi connectivity index (χ2n) is 3.62. The van der Waals surface area contributed by atoms with E-state index in [0.717, 1.165) is 0 Å². The van der Waals surface area contributed by atoms with E-state index < -0.39 is 18.1 Å². The summed E-state index contributed by atoms with van der Waals surface area (Å²) >= 11 is 0. The van der Waals surface area contributed by atoms with Gasteiger partial charge in [-0.25, -0.2) is 0 Å². The Morgan fingerprint density at radius 1 is 1.58 bits per heavy atom. The molecule has 1 fully saturated rings. The van der Waals surface area contributed by atoms with Gasteiger partial charge in [0.05, 0.1) is 6.10 Å².